The van der Waals surface area contributed by atoms with E-state index in [4.69, 9.17) is 33.5 Å². The third kappa shape index (κ3) is 19.3. The molecule has 0 amide bonds. The Hall–Kier alpha value is -2.21. The SMILES string of the molecule is CC(=N\O)/C(C)=N/O.CC(=N\O)/C(C)=N/O.CC(C)(C)C1CC[N-]CC1.[Co+2].[S-]c1ccccc1. The molecule has 1 heterocycles. The minimum absolute atomic E-state index is 0. The summed E-state index contributed by atoms with van der Waals surface area (Å²) in [6.07, 6.45) is 2.62. The molecule has 0 aromatic heterocycles. The Balaban J connectivity index is -0.000000376. The van der Waals surface area contributed by atoms with E-state index in [1.807, 2.05) is 30.3 Å². The van der Waals surface area contributed by atoms with Gasteiger partial charge in [0.05, 0.1) is 0 Å². The molecule has 0 atom stereocenters. The standard InChI is InChI=1S/C9H18N.C6H6S.2C4H8N2O2.Co/c1-9(2,3)8-4-6-10-7-5-8;7-6-4-2-1-3-5-6;2*1-3(5-7)4(2)6-8;/h8H,4-7H2,1-3H3;1-5,7H;2*7-8H,1-2H3;/q-1;;;;+2/p-1/b;;2*5-3+,6-4+;. The van der Waals surface area contributed by atoms with Gasteiger partial charge in [-0.1, -0.05) is 84.6 Å². The van der Waals surface area contributed by atoms with Crippen LogP contribution in [0.25, 0.3) is 5.32 Å². The first-order valence-electron chi connectivity index (χ1n) is 10.5. The molecule has 195 valence electrons. The van der Waals surface area contributed by atoms with E-state index < -0.39 is 0 Å². The predicted molar refractivity (Wildman–Crippen MR) is 137 cm³/mol. The van der Waals surface area contributed by atoms with Gasteiger partial charge in [0.2, 0.25) is 0 Å². The molecule has 2 rings (SSSR count). The molecular weight excluding hydrogens is 501 g/mol. The third-order valence-corrected chi connectivity index (χ3v) is 5.16. The maximum atomic E-state index is 8.03. The zero-order valence-electron chi connectivity index (χ0n) is 21.1. The quantitative estimate of drug-likeness (QED) is 0.163. The summed E-state index contributed by atoms with van der Waals surface area (Å²) in [4.78, 5) is 0.905. The summed E-state index contributed by atoms with van der Waals surface area (Å²) < 4.78 is 0. The Morgan fingerprint density at radius 2 is 1.09 bits per heavy atom. The number of piperidine rings is 1. The molecule has 4 N–H and O–H groups in total. The molecule has 1 aliphatic rings. The Morgan fingerprint density at radius 1 is 0.765 bits per heavy atom. The van der Waals surface area contributed by atoms with Crippen molar-refractivity contribution in [2.45, 2.75) is 66.2 Å². The van der Waals surface area contributed by atoms with E-state index >= 15 is 0 Å². The molecule has 1 aromatic carbocycles. The van der Waals surface area contributed by atoms with Gasteiger partial charge in [0.1, 0.15) is 22.8 Å². The average Bonchev–Trinajstić information content (AvgIpc) is 2.83. The largest absolute Gasteiger partial charge is 2.00 e. The van der Waals surface area contributed by atoms with Gasteiger partial charge in [0, 0.05) is 0 Å². The third-order valence-electron chi connectivity index (χ3n) is 4.89. The monoisotopic (exact) mass is 540 g/mol. The van der Waals surface area contributed by atoms with Crippen molar-refractivity contribution in [1.82, 2.24) is 0 Å². The Kier molecular flexibility index (Phi) is 22.8. The molecule has 9 nitrogen and oxygen atoms in total. The smallest absolute Gasteiger partial charge is 0.780 e. The van der Waals surface area contributed by atoms with Crippen molar-refractivity contribution in [3.8, 4) is 0 Å². The van der Waals surface area contributed by atoms with Gasteiger partial charge in [-0.3, -0.25) is 0 Å². The van der Waals surface area contributed by atoms with E-state index in [1.165, 1.54) is 40.5 Å². The maximum Gasteiger partial charge on any atom is 2.00 e. The Bertz CT molecular complexity index is 696. The van der Waals surface area contributed by atoms with Crippen LogP contribution in [0.3, 0.4) is 0 Å². The molecule has 11 heteroatoms. The first-order valence-corrected chi connectivity index (χ1v) is 11.0. The molecule has 1 aliphatic heterocycles. The Morgan fingerprint density at radius 3 is 1.26 bits per heavy atom. The van der Waals surface area contributed by atoms with Crippen molar-refractivity contribution >= 4 is 35.5 Å². The van der Waals surface area contributed by atoms with Gasteiger partial charge in [-0.25, -0.2) is 0 Å². The van der Waals surface area contributed by atoms with Gasteiger partial charge in [-0.15, -0.1) is 13.1 Å². The molecule has 1 aromatic rings. The second-order valence-electron chi connectivity index (χ2n) is 8.37. The Labute approximate surface area is 219 Å². The van der Waals surface area contributed by atoms with Gasteiger partial charge in [0.15, 0.2) is 0 Å². The molecule has 0 bridgehead atoms. The minimum atomic E-state index is 0. The molecule has 1 saturated heterocycles. The number of hydrogen-bond acceptors (Lipinski definition) is 9. The van der Waals surface area contributed by atoms with Crippen molar-refractivity contribution in [1.29, 1.82) is 0 Å². The van der Waals surface area contributed by atoms with E-state index in [0.29, 0.717) is 28.3 Å². The summed E-state index contributed by atoms with van der Waals surface area (Å²) in [7, 11) is 0. The summed E-state index contributed by atoms with van der Waals surface area (Å²) in [5.74, 6) is 0.907. The summed E-state index contributed by atoms with van der Waals surface area (Å²) in [5, 5.41) is 47.6. The van der Waals surface area contributed by atoms with E-state index in [1.54, 1.807) is 0 Å². The fourth-order valence-corrected chi connectivity index (χ4v) is 2.48. The number of oxime groups is 4. The van der Waals surface area contributed by atoms with Crippen LogP contribution in [-0.4, -0.2) is 56.8 Å². The van der Waals surface area contributed by atoms with Crippen LogP contribution in [0.5, 0.6) is 0 Å². The van der Waals surface area contributed by atoms with Crippen LogP contribution >= 0.6 is 0 Å². The zero-order valence-corrected chi connectivity index (χ0v) is 22.9. The topological polar surface area (TPSA) is 144 Å². The summed E-state index contributed by atoms with van der Waals surface area (Å²) in [5.41, 5.74) is 1.76. The summed E-state index contributed by atoms with van der Waals surface area (Å²) in [6.45, 7) is 15.4. The summed E-state index contributed by atoms with van der Waals surface area (Å²) >= 11 is 4.81. The summed E-state index contributed by atoms with van der Waals surface area (Å²) in [6, 6.07) is 9.62. The van der Waals surface area contributed by atoms with Crippen LogP contribution in [0.2, 0.25) is 0 Å². The van der Waals surface area contributed by atoms with Crippen LogP contribution in [0.1, 0.15) is 61.3 Å². The number of benzene rings is 1. The maximum absolute atomic E-state index is 8.03. The van der Waals surface area contributed by atoms with Crippen molar-refractivity contribution in [2.24, 2.45) is 32.0 Å². The fraction of sp³-hybridized carbons (Fsp3) is 0.565. The first-order chi connectivity index (χ1) is 15.4. The van der Waals surface area contributed by atoms with E-state index in [0.717, 1.165) is 23.9 Å². The van der Waals surface area contributed by atoms with Crippen molar-refractivity contribution < 1.29 is 37.6 Å². The van der Waals surface area contributed by atoms with Crippen LogP contribution in [0.4, 0.5) is 0 Å². The molecule has 0 aliphatic carbocycles. The first kappa shape index (κ1) is 36.4. The molecule has 0 unspecified atom stereocenters. The van der Waals surface area contributed by atoms with Gasteiger partial charge in [-0.05, 0) is 39.0 Å². The average molecular weight is 541 g/mol. The van der Waals surface area contributed by atoms with Gasteiger partial charge in [0.25, 0.3) is 0 Å². The predicted octanol–water partition coefficient (Wildman–Crippen LogP) is 5.78. The number of nitrogens with zero attached hydrogens (tertiary/aromatic N) is 5. The van der Waals surface area contributed by atoms with Crippen molar-refractivity contribution in [3.63, 3.8) is 0 Å². The van der Waals surface area contributed by atoms with Crippen LogP contribution in [-0.2, 0) is 29.4 Å². The number of rotatable bonds is 2. The molecular formula is C23H39CoN5O4S. The molecule has 0 saturated carbocycles. The second kappa shape index (κ2) is 21.3. The van der Waals surface area contributed by atoms with Gasteiger partial charge in [-0.2, -0.15) is 4.90 Å². The zero-order chi connectivity index (χ0) is 25.9. The van der Waals surface area contributed by atoms with Crippen molar-refractivity contribution in [3.05, 3.63) is 35.6 Å². The second-order valence-corrected chi connectivity index (χ2v) is 8.84. The fourth-order valence-electron chi connectivity index (χ4n) is 2.33. The molecule has 34 heavy (non-hydrogen) atoms. The van der Waals surface area contributed by atoms with Crippen LogP contribution in [0.15, 0.2) is 55.9 Å². The molecule has 1 radical (unpaired) electrons. The van der Waals surface area contributed by atoms with E-state index in [9.17, 15) is 0 Å². The van der Waals surface area contributed by atoms with Crippen molar-refractivity contribution in [2.75, 3.05) is 13.1 Å². The van der Waals surface area contributed by atoms with Crippen LogP contribution < -0.4 is 0 Å². The van der Waals surface area contributed by atoms with Gasteiger partial charge >= 0.3 is 16.8 Å². The normalized spacial score (nSPS) is 15.3. The van der Waals surface area contributed by atoms with Crippen LogP contribution in [0, 0.1) is 11.3 Å². The molecule has 1 fully saturated rings. The van der Waals surface area contributed by atoms with Gasteiger partial charge < -0.3 is 38.8 Å². The number of hydrogen-bond donors (Lipinski definition) is 4. The minimum Gasteiger partial charge on any atom is -0.780 e. The molecule has 0 spiro atoms. The van der Waals surface area contributed by atoms with E-state index in [2.05, 4.69) is 46.7 Å². The van der Waals surface area contributed by atoms with E-state index in [-0.39, 0.29) is 16.8 Å².